The molecule has 0 spiro atoms. The van der Waals surface area contributed by atoms with Gasteiger partial charge in [0.05, 0.1) is 129 Å². The predicted molar refractivity (Wildman–Crippen MR) is 416 cm³/mol. The predicted octanol–water partition coefficient (Wildman–Crippen LogP) is 11.4. The molecule has 0 amide bonds. The van der Waals surface area contributed by atoms with E-state index in [9.17, 15) is 24.0 Å². The van der Waals surface area contributed by atoms with Gasteiger partial charge in [-0.2, -0.15) is 0 Å². The Morgan fingerprint density at radius 3 is 0.653 bits per heavy atom. The molecular formula is C79H141N10O12+5. The first-order valence-electron chi connectivity index (χ1n) is 35.9. The van der Waals surface area contributed by atoms with Crippen molar-refractivity contribution in [2.45, 2.75) is 94.4 Å². The van der Waals surface area contributed by atoms with Crippen LogP contribution in [0, 0.1) is 10.1 Å². The van der Waals surface area contributed by atoms with Gasteiger partial charge in [-0.1, -0.05) is 125 Å². The van der Waals surface area contributed by atoms with Gasteiger partial charge in [0.15, 0.2) is 7.05 Å². The molecule has 0 aliphatic carbocycles. The molecule has 22 nitrogen and oxygen atoms in total. The fourth-order valence-electron chi connectivity index (χ4n) is 9.79. The Labute approximate surface area is 611 Å². The molecule has 0 fully saturated rings. The fourth-order valence-corrected chi connectivity index (χ4v) is 9.79. The smallest absolute Gasteiger partial charge is 0.338 e. The number of nitrogens with two attached hydrogens (primary N) is 4. The van der Waals surface area contributed by atoms with Gasteiger partial charge in [0.2, 0.25) is 0 Å². The minimum absolute atomic E-state index is 0.211. The molecule has 0 saturated heterocycles. The van der Waals surface area contributed by atoms with E-state index in [-0.39, 0.29) is 29.8 Å². The van der Waals surface area contributed by atoms with Gasteiger partial charge in [0.1, 0.15) is 65.8 Å². The second-order valence-electron chi connectivity index (χ2n) is 25.0. The van der Waals surface area contributed by atoms with Crippen LogP contribution in [-0.2, 0) is 23.7 Å². The lowest BCUT2D eigenvalue weighted by Gasteiger charge is -2.37. The summed E-state index contributed by atoms with van der Waals surface area (Å²) < 4.78 is 31.2. The maximum absolute atomic E-state index is 12.0. The first-order chi connectivity index (χ1) is 48.2. The molecule has 101 heavy (non-hydrogen) atoms. The van der Waals surface area contributed by atoms with E-state index in [1.807, 2.05) is 91.0 Å². The summed E-state index contributed by atoms with van der Waals surface area (Å²) in [6, 6.07) is 45.7. The van der Waals surface area contributed by atoms with Crippen LogP contribution in [-0.4, -0.2) is 259 Å². The number of unbranched alkanes of at least 4 members (excludes halogenated alkanes) is 1. The van der Waals surface area contributed by atoms with Crippen LogP contribution in [0.25, 0.3) is 0 Å². The van der Waals surface area contributed by atoms with Gasteiger partial charge in [-0.3, -0.25) is 10.1 Å². The Kier molecular flexibility index (Phi) is 65.3. The van der Waals surface area contributed by atoms with Crippen LogP contribution in [0.4, 0.5) is 0 Å². The summed E-state index contributed by atoms with van der Waals surface area (Å²) in [5.74, 6) is -1.14. The lowest BCUT2D eigenvalue weighted by molar-refractivity contribution is -0.926. The number of hydrogen-bond donors (Lipinski definition) is 4. The van der Waals surface area contributed by atoms with Crippen LogP contribution in [0.2, 0.25) is 0 Å². The SMILES string of the molecule is CCCC[N+](CC)(CCC)CCOC(=O)c1ccccc1.CCC[N+](CC)(CCC)CCOC(=O)c1ccccc1.CC[N+](CC)(CC)CCOC(=O)c1ccccc1.CN.CN.CN.CN.C[N+](=O)[O-].C[N+](C)(C)CCOC(=O)c1ccccc1.C[N+](C)(C)CCOC(=O)c1ccccc1. The zero-order chi connectivity index (χ0) is 78.0. The average Bonchev–Trinajstić information content (AvgIpc) is 1.03. The zero-order valence-corrected chi connectivity index (χ0v) is 66.3. The number of nitrogens with zero attached hydrogens (tertiary/aromatic N) is 6. The fraction of sp³-hybridized carbons (Fsp3) is 0.557. The van der Waals surface area contributed by atoms with Crippen LogP contribution < -0.4 is 22.9 Å². The molecular weight excluding hydrogens is 1280 g/mol. The standard InChI is InChI=1S/C18H30NO2.C17H28NO2.C15H24NO2.2C12H18NO2.CH3NO2.4CH5N/c1-4-7-14-19(6-3,13-5-2)15-16-21-18(20)17-11-9-8-10-12-17;1-4-12-18(6-3,13-5-2)14-15-20-17(19)16-10-8-7-9-11-16;1-4-16(5-2,6-3)12-13-18-15(17)14-10-8-7-9-11-14;2*1-13(2,3)9-10-15-12(14)11-7-5-4-6-8-11;1-2(3)4;4*1-2/h8-12H,4-7,13-16H2,1-3H3;7-11H,4-6,12-15H2,1-3H3;7-11H,4-6,12-13H2,1-3H3;2*4-8H,9-10H2,1-3H3;1H3;4*2H2,1H3/q5*+1;;;;;. The first kappa shape index (κ1) is 102. The molecule has 0 saturated carbocycles. The van der Waals surface area contributed by atoms with Crippen molar-refractivity contribution in [3.63, 3.8) is 0 Å². The van der Waals surface area contributed by atoms with Crippen LogP contribution >= 0.6 is 0 Å². The topological polar surface area (TPSA) is 279 Å². The van der Waals surface area contributed by atoms with Crippen molar-refractivity contribution in [1.82, 2.24) is 0 Å². The Morgan fingerprint density at radius 2 is 0.485 bits per heavy atom. The number of hydrogen-bond acceptors (Lipinski definition) is 16. The molecule has 5 aromatic rings. The number of esters is 5. The minimum Gasteiger partial charge on any atom is -0.456 e. The summed E-state index contributed by atoms with van der Waals surface area (Å²) in [4.78, 5) is 66.9. The first-order valence-corrected chi connectivity index (χ1v) is 35.9. The summed E-state index contributed by atoms with van der Waals surface area (Å²) in [5.41, 5.74) is 21.1. The van der Waals surface area contributed by atoms with Crippen molar-refractivity contribution >= 4 is 29.8 Å². The van der Waals surface area contributed by atoms with Gasteiger partial charge < -0.3 is 69.0 Å². The number of ether oxygens (including phenoxy) is 5. The summed E-state index contributed by atoms with van der Waals surface area (Å²) in [6.45, 7) is 36.8. The highest BCUT2D eigenvalue weighted by Crippen LogP contribution is 2.14. The van der Waals surface area contributed by atoms with Crippen molar-refractivity contribution < 1.29 is 75.0 Å². The molecule has 1 atom stereocenters. The molecule has 1 unspecified atom stereocenters. The van der Waals surface area contributed by atoms with Crippen LogP contribution in [0.15, 0.2) is 152 Å². The van der Waals surface area contributed by atoms with E-state index < -0.39 is 4.92 Å². The van der Waals surface area contributed by atoms with Crippen molar-refractivity contribution in [3.05, 3.63) is 190 Å². The van der Waals surface area contributed by atoms with Crippen LogP contribution in [0.3, 0.4) is 0 Å². The van der Waals surface area contributed by atoms with Crippen molar-refractivity contribution in [2.75, 3.05) is 202 Å². The third-order valence-electron chi connectivity index (χ3n) is 15.9. The highest BCUT2D eigenvalue weighted by atomic mass is 16.6. The molecule has 574 valence electrons. The van der Waals surface area contributed by atoms with E-state index in [0.717, 1.165) is 108 Å². The number of carbonyl (C=O) groups is 5. The van der Waals surface area contributed by atoms with Gasteiger partial charge in [-0.05, 0) is 149 Å². The third kappa shape index (κ3) is 53.0. The molecule has 0 aliphatic heterocycles. The molecule has 0 radical (unpaired) electrons. The van der Waals surface area contributed by atoms with Crippen LogP contribution in [0.5, 0.6) is 0 Å². The average molecular weight is 1420 g/mol. The van der Waals surface area contributed by atoms with Gasteiger partial charge in [-0.15, -0.1) is 0 Å². The monoisotopic (exact) mass is 1420 g/mol. The Bertz CT molecular complexity index is 2670. The summed E-state index contributed by atoms with van der Waals surface area (Å²) in [7, 11) is 19.3. The lowest BCUT2D eigenvalue weighted by Crippen LogP contribution is -2.51. The second kappa shape index (κ2) is 64.6. The highest BCUT2D eigenvalue weighted by Gasteiger charge is 2.26. The van der Waals surface area contributed by atoms with Gasteiger partial charge >= 0.3 is 29.8 Å². The van der Waals surface area contributed by atoms with Crippen molar-refractivity contribution in [3.8, 4) is 0 Å². The van der Waals surface area contributed by atoms with Gasteiger partial charge in [0.25, 0.3) is 0 Å². The molecule has 5 aromatic carbocycles. The van der Waals surface area contributed by atoms with Crippen LogP contribution in [0.1, 0.15) is 146 Å². The zero-order valence-electron chi connectivity index (χ0n) is 66.3. The minimum atomic E-state index is -0.500. The summed E-state index contributed by atoms with van der Waals surface area (Å²) in [5, 5.41) is 8.81. The Morgan fingerprint density at radius 1 is 0.307 bits per heavy atom. The highest BCUT2D eigenvalue weighted by molar-refractivity contribution is 5.91. The number of nitro groups is 1. The molecule has 0 aliphatic rings. The molecule has 0 aromatic heterocycles. The number of quaternary nitrogens is 5. The number of carbonyl (C=O) groups excluding carboxylic acids is 5. The van der Waals surface area contributed by atoms with Gasteiger partial charge in [0, 0.05) is 4.92 Å². The molecule has 5 rings (SSSR count). The second-order valence-corrected chi connectivity index (χ2v) is 25.0. The molecule has 8 N–H and O–H groups in total. The Hall–Kier alpha value is -7.51. The maximum atomic E-state index is 12.0. The number of benzene rings is 5. The maximum Gasteiger partial charge on any atom is 0.338 e. The van der Waals surface area contributed by atoms with Crippen molar-refractivity contribution in [2.24, 2.45) is 22.9 Å². The lowest BCUT2D eigenvalue weighted by atomic mass is 10.2. The number of likely N-dealkylation sites (N-methyl/N-ethyl adjacent to an activating group) is 5. The largest absolute Gasteiger partial charge is 0.456 e. The van der Waals surface area contributed by atoms with E-state index in [1.54, 1.807) is 60.7 Å². The quantitative estimate of drug-likeness (QED) is 0.00979. The van der Waals surface area contributed by atoms with Gasteiger partial charge in [-0.25, -0.2) is 24.0 Å². The summed E-state index contributed by atoms with van der Waals surface area (Å²) in [6.07, 6.45) is 5.96. The molecule has 0 heterocycles. The number of rotatable bonds is 34. The molecule has 22 heteroatoms. The van der Waals surface area contributed by atoms with E-state index in [4.69, 9.17) is 33.8 Å². The van der Waals surface area contributed by atoms with E-state index in [0.29, 0.717) is 60.9 Å². The third-order valence-corrected chi connectivity index (χ3v) is 15.9. The van der Waals surface area contributed by atoms with Crippen molar-refractivity contribution in [1.29, 1.82) is 0 Å². The molecule has 0 bridgehead atoms. The Balaban J connectivity index is -0.000000367. The van der Waals surface area contributed by atoms with E-state index in [2.05, 4.69) is 128 Å². The van der Waals surface area contributed by atoms with E-state index >= 15 is 0 Å². The normalized spacial score (nSPS) is 10.9. The van der Waals surface area contributed by atoms with E-state index in [1.165, 1.54) is 73.4 Å². The summed E-state index contributed by atoms with van der Waals surface area (Å²) >= 11 is 0.